The van der Waals surface area contributed by atoms with Crippen molar-refractivity contribution in [3.05, 3.63) is 59.9 Å². The van der Waals surface area contributed by atoms with E-state index in [1.807, 2.05) is 6.92 Å². The molecule has 2 aromatic carbocycles. The molecule has 1 amide bonds. The maximum absolute atomic E-state index is 12.8. The standard InChI is InChI=1S/C16H15FN2O2S/c1-2-21-14-9-7-13(8-10-14)18-16(22)19-15(20)11-3-5-12(17)6-4-11/h3-10H,2H2,1H3,(H2,18,19,20,22). The molecule has 0 radical (unpaired) electrons. The fourth-order valence-electron chi connectivity index (χ4n) is 1.74. The number of hydrogen-bond acceptors (Lipinski definition) is 3. The Morgan fingerprint density at radius 3 is 2.36 bits per heavy atom. The average molecular weight is 318 g/mol. The van der Waals surface area contributed by atoms with Gasteiger partial charge in [0.2, 0.25) is 0 Å². The molecule has 0 aliphatic heterocycles. The first-order chi connectivity index (χ1) is 10.6. The van der Waals surface area contributed by atoms with Crippen molar-refractivity contribution in [3.63, 3.8) is 0 Å². The van der Waals surface area contributed by atoms with Crippen LogP contribution in [0.3, 0.4) is 0 Å². The number of thiocarbonyl (C=S) groups is 1. The van der Waals surface area contributed by atoms with Gasteiger partial charge in [0.15, 0.2) is 5.11 Å². The van der Waals surface area contributed by atoms with Crippen molar-refractivity contribution in [1.82, 2.24) is 5.32 Å². The van der Waals surface area contributed by atoms with E-state index in [-0.39, 0.29) is 5.11 Å². The van der Waals surface area contributed by atoms with Gasteiger partial charge in [-0.1, -0.05) is 0 Å². The normalized spacial score (nSPS) is 9.91. The number of carbonyl (C=O) groups excluding carboxylic acids is 1. The lowest BCUT2D eigenvalue weighted by Gasteiger charge is -2.10. The molecule has 0 heterocycles. The van der Waals surface area contributed by atoms with Crippen molar-refractivity contribution in [2.24, 2.45) is 0 Å². The molecule has 0 bridgehead atoms. The number of rotatable bonds is 4. The highest BCUT2D eigenvalue weighted by atomic mass is 32.1. The highest BCUT2D eigenvalue weighted by molar-refractivity contribution is 7.80. The third-order valence-electron chi connectivity index (χ3n) is 2.76. The van der Waals surface area contributed by atoms with E-state index in [9.17, 15) is 9.18 Å². The predicted molar refractivity (Wildman–Crippen MR) is 87.7 cm³/mol. The molecule has 0 saturated carbocycles. The molecule has 0 aliphatic carbocycles. The Balaban J connectivity index is 1.92. The molecule has 22 heavy (non-hydrogen) atoms. The van der Waals surface area contributed by atoms with Gasteiger partial charge in [-0.15, -0.1) is 0 Å². The van der Waals surface area contributed by atoms with E-state index in [1.165, 1.54) is 24.3 Å². The third-order valence-corrected chi connectivity index (χ3v) is 2.96. The SMILES string of the molecule is CCOc1ccc(NC(=S)NC(=O)c2ccc(F)cc2)cc1. The van der Waals surface area contributed by atoms with Gasteiger partial charge >= 0.3 is 0 Å². The molecule has 6 heteroatoms. The predicted octanol–water partition coefficient (Wildman–Crippen LogP) is 3.35. The van der Waals surface area contributed by atoms with Gasteiger partial charge in [0, 0.05) is 11.3 Å². The summed E-state index contributed by atoms with van der Waals surface area (Å²) < 4.78 is 18.1. The molecular weight excluding hydrogens is 303 g/mol. The van der Waals surface area contributed by atoms with Crippen LogP contribution in [0.25, 0.3) is 0 Å². The lowest BCUT2D eigenvalue weighted by molar-refractivity contribution is 0.0977. The van der Waals surface area contributed by atoms with Crippen molar-refractivity contribution in [1.29, 1.82) is 0 Å². The summed E-state index contributed by atoms with van der Waals surface area (Å²) in [6.07, 6.45) is 0. The quantitative estimate of drug-likeness (QED) is 0.849. The summed E-state index contributed by atoms with van der Waals surface area (Å²) in [5.74, 6) is -0.0376. The van der Waals surface area contributed by atoms with Crippen molar-refractivity contribution in [2.75, 3.05) is 11.9 Å². The van der Waals surface area contributed by atoms with Crippen LogP contribution >= 0.6 is 12.2 Å². The highest BCUT2D eigenvalue weighted by Crippen LogP contribution is 2.15. The van der Waals surface area contributed by atoms with Gasteiger partial charge in [-0.3, -0.25) is 10.1 Å². The summed E-state index contributed by atoms with van der Waals surface area (Å²) in [5.41, 5.74) is 1.06. The van der Waals surface area contributed by atoms with Gasteiger partial charge in [-0.05, 0) is 67.7 Å². The topological polar surface area (TPSA) is 50.4 Å². The van der Waals surface area contributed by atoms with Gasteiger partial charge in [0.1, 0.15) is 11.6 Å². The van der Waals surface area contributed by atoms with Crippen molar-refractivity contribution >= 4 is 28.9 Å². The fourth-order valence-corrected chi connectivity index (χ4v) is 1.95. The molecule has 2 N–H and O–H groups in total. The van der Waals surface area contributed by atoms with Crippen LogP contribution in [0.2, 0.25) is 0 Å². The second-order valence-corrected chi connectivity index (χ2v) is 4.78. The maximum atomic E-state index is 12.8. The van der Waals surface area contributed by atoms with Crippen LogP contribution in [0.1, 0.15) is 17.3 Å². The van der Waals surface area contributed by atoms with Gasteiger partial charge in [-0.2, -0.15) is 0 Å². The Hall–Kier alpha value is -2.47. The van der Waals surface area contributed by atoms with Crippen LogP contribution in [0.4, 0.5) is 10.1 Å². The van der Waals surface area contributed by atoms with Crippen LogP contribution in [-0.4, -0.2) is 17.6 Å². The van der Waals surface area contributed by atoms with Crippen molar-refractivity contribution < 1.29 is 13.9 Å². The smallest absolute Gasteiger partial charge is 0.257 e. The van der Waals surface area contributed by atoms with E-state index in [0.717, 1.165) is 11.4 Å². The maximum Gasteiger partial charge on any atom is 0.257 e. The molecule has 2 aromatic rings. The van der Waals surface area contributed by atoms with Crippen molar-refractivity contribution in [3.8, 4) is 5.75 Å². The largest absolute Gasteiger partial charge is 0.494 e. The van der Waals surface area contributed by atoms with E-state index < -0.39 is 11.7 Å². The first-order valence-corrected chi connectivity index (χ1v) is 7.10. The summed E-state index contributed by atoms with van der Waals surface area (Å²) in [6, 6.07) is 12.4. The zero-order valence-electron chi connectivity index (χ0n) is 11.9. The third kappa shape index (κ3) is 4.53. The number of amides is 1. The Kier molecular flexibility index (Phi) is 5.43. The minimum atomic E-state index is -0.400. The number of carbonyl (C=O) groups is 1. The van der Waals surface area contributed by atoms with E-state index in [0.29, 0.717) is 12.2 Å². The molecular formula is C16H15FN2O2S. The van der Waals surface area contributed by atoms with Gasteiger partial charge in [0.05, 0.1) is 6.61 Å². The molecule has 4 nitrogen and oxygen atoms in total. The first-order valence-electron chi connectivity index (χ1n) is 6.69. The minimum Gasteiger partial charge on any atom is -0.494 e. The van der Waals surface area contributed by atoms with Crippen LogP contribution in [0, 0.1) is 5.82 Å². The van der Waals surface area contributed by atoms with Crippen LogP contribution in [0.5, 0.6) is 5.75 Å². The lowest BCUT2D eigenvalue weighted by Crippen LogP contribution is -2.34. The first kappa shape index (κ1) is 15.9. The molecule has 0 saturated heterocycles. The summed E-state index contributed by atoms with van der Waals surface area (Å²) in [7, 11) is 0. The van der Waals surface area contributed by atoms with E-state index >= 15 is 0 Å². The van der Waals surface area contributed by atoms with Crippen molar-refractivity contribution in [2.45, 2.75) is 6.92 Å². The summed E-state index contributed by atoms with van der Waals surface area (Å²) in [4.78, 5) is 11.9. The highest BCUT2D eigenvalue weighted by Gasteiger charge is 2.08. The second-order valence-electron chi connectivity index (χ2n) is 4.37. The Labute approximate surface area is 133 Å². The van der Waals surface area contributed by atoms with Crippen LogP contribution in [0.15, 0.2) is 48.5 Å². The zero-order chi connectivity index (χ0) is 15.9. The molecule has 0 aromatic heterocycles. The Morgan fingerprint density at radius 1 is 1.14 bits per heavy atom. The van der Waals surface area contributed by atoms with E-state index in [1.54, 1.807) is 24.3 Å². The molecule has 0 fully saturated rings. The molecule has 0 unspecified atom stereocenters. The van der Waals surface area contributed by atoms with E-state index in [4.69, 9.17) is 17.0 Å². The Bertz CT molecular complexity index is 657. The van der Waals surface area contributed by atoms with Crippen LogP contribution in [-0.2, 0) is 0 Å². The summed E-state index contributed by atoms with van der Waals surface area (Å²) in [5, 5.41) is 5.59. The fraction of sp³-hybridized carbons (Fsp3) is 0.125. The van der Waals surface area contributed by atoms with Gasteiger partial charge in [-0.25, -0.2) is 4.39 Å². The van der Waals surface area contributed by atoms with Gasteiger partial charge in [0.25, 0.3) is 5.91 Å². The summed E-state index contributed by atoms with van der Waals surface area (Å²) in [6.45, 7) is 2.51. The lowest BCUT2D eigenvalue weighted by atomic mass is 10.2. The molecule has 2 rings (SSSR count). The minimum absolute atomic E-state index is 0.165. The Morgan fingerprint density at radius 2 is 1.77 bits per heavy atom. The zero-order valence-corrected chi connectivity index (χ0v) is 12.7. The molecule has 0 aliphatic rings. The summed E-state index contributed by atoms with van der Waals surface area (Å²) >= 11 is 5.07. The average Bonchev–Trinajstić information content (AvgIpc) is 2.50. The monoisotopic (exact) mass is 318 g/mol. The van der Waals surface area contributed by atoms with Crippen LogP contribution < -0.4 is 15.4 Å². The molecule has 0 spiro atoms. The molecule has 0 atom stereocenters. The molecule has 114 valence electrons. The number of halogens is 1. The van der Waals surface area contributed by atoms with E-state index in [2.05, 4.69) is 10.6 Å². The number of benzene rings is 2. The number of hydrogen-bond donors (Lipinski definition) is 2. The number of nitrogens with one attached hydrogen (secondary N) is 2. The second kappa shape index (κ2) is 7.51. The number of ether oxygens (including phenoxy) is 1. The number of anilines is 1. The van der Waals surface area contributed by atoms with Gasteiger partial charge < -0.3 is 10.1 Å².